The Kier molecular flexibility index (Phi) is 5.67. The lowest BCUT2D eigenvalue weighted by Gasteiger charge is -2.33. The van der Waals surface area contributed by atoms with E-state index >= 15 is 0 Å². The fraction of sp³-hybridized carbons (Fsp3) is 0.474. The summed E-state index contributed by atoms with van der Waals surface area (Å²) < 4.78 is 32.5. The standard InChI is InChI=1S/C19H25N3O4S/c1-14-18(15(2)26-20-14)27(24,25)22-11-7-10-17(13-22)19(23)21(3)12-16-8-5-4-6-9-16/h4-6,8-9,17H,7,10-13H2,1-3H3. The third-order valence-electron chi connectivity index (χ3n) is 4.94. The minimum absolute atomic E-state index is 0.0301. The number of hydrogen-bond donors (Lipinski definition) is 0. The van der Waals surface area contributed by atoms with Crippen molar-refractivity contribution >= 4 is 15.9 Å². The molecular weight excluding hydrogens is 366 g/mol. The molecular formula is C19H25N3O4S. The van der Waals surface area contributed by atoms with Crippen LogP contribution in [-0.2, 0) is 21.4 Å². The number of carbonyl (C=O) groups excluding carboxylic acids is 1. The van der Waals surface area contributed by atoms with Crippen LogP contribution in [-0.4, -0.2) is 48.8 Å². The summed E-state index contributed by atoms with van der Waals surface area (Å²) in [6.45, 7) is 4.30. The molecule has 0 radical (unpaired) electrons. The van der Waals surface area contributed by atoms with Crippen LogP contribution in [0.5, 0.6) is 0 Å². The van der Waals surface area contributed by atoms with Gasteiger partial charge >= 0.3 is 0 Å². The minimum Gasteiger partial charge on any atom is -0.360 e. The number of rotatable bonds is 5. The third kappa shape index (κ3) is 4.06. The van der Waals surface area contributed by atoms with Crippen molar-refractivity contribution in [3.63, 3.8) is 0 Å². The average Bonchev–Trinajstić information content (AvgIpc) is 3.01. The normalized spacial score (nSPS) is 18.4. The van der Waals surface area contributed by atoms with Crippen LogP contribution in [0.3, 0.4) is 0 Å². The molecule has 1 aromatic heterocycles. The van der Waals surface area contributed by atoms with Crippen LogP contribution in [0.25, 0.3) is 0 Å². The maximum absolute atomic E-state index is 13.0. The Morgan fingerprint density at radius 2 is 2.00 bits per heavy atom. The molecule has 1 saturated heterocycles. The van der Waals surface area contributed by atoms with Crippen molar-refractivity contribution in [1.82, 2.24) is 14.4 Å². The summed E-state index contributed by atoms with van der Waals surface area (Å²) in [7, 11) is -1.96. The van der Waals surface area contributed by atoms with Crippen LogP contribution in [0, 0.1) is 19.8 Å². The smallest absolute Gasteiger partial charge is 0.248 e. The number of nitrogens with zero attached hydrogens (tertiary/aromatic N) is 3. The minimum atomic E-state index is -3.72. The van der Waals surface area contributed by atoms with E-state index in [-0.39, 0.29) is 29.0 Å². The predicted octanol–water partition coefficient (Wildman–Crippen LogP) is 2.35. The highest BCUT2D eigenvalue weighted by Crippen LogP contribution is 2.28. The lowest BCUT2D eigenvalue weighted by Crippen LogP contribution is -2.45. The van der Waals surface area contributed by atoms with Crippen molar-refractivity contribution < 1.29 is 17.7 Å². The van der Waals surface area contributed by atoms with Gasteiger partial charge in [-0.15, -0.1) is 0 Å². The van der Waals surface area contributed by atoms with E-state index in [1.165, 1.54) is 4.31 Å². The Bertz CT molecular complexity index is 889. The van der Waals surface area contributed by atoms with Crippen LogP contribution < -0.4 is 0 Å². The molecule has 0 saturated carbocycles. The molecule has 1 aromatic carbocycles. The summed E-state index contributed by atoms with van der Waals surface area (Å²) in [5.74, 6) is -0.0950. The molecule has 2 aromatic rings. The first-order chi connectivity index (χ1) is 12.8. The quantitative estimate of drug-likeness (QED) is 0.781. The number of sulfonamides is 1. The summed E-state index contributed by atoms with van der Waals surface area (Å²) in [4.78, 5) is 14.7. The maximum atomic E-state index is 13.0. The van der Waals surface area contributed by atoms with Crippen molar-refractivity contribution in [2.24, 2.45) is 5.92 Å². The number of carbonyl (C=O) groups is 1. The van der Waals surface area contributed by atoms with Crippen LogP contribution in [0.1, 0.15) is 29.9 Å². The van der Waals surface area contributed by atoms with Gasteiger partial charge < -0.3 is 9.42 Å². The first kappa shape index (κ1) is 19.6. The van der Waals surface area contributed by atoms with Crippen LogP contribution in [0.2, 0.25) is 0 Å². The molecule has 1 amide bonds. The molecule has 1 aliphatic heterocycles. The van der Waals surface area contributed by atoms with Gasteiger partial charge in [-0.05, 0) is 32.3 Å². The number of aryl methyl sites for hydroxylation is 2. The summed E-state index contributed by atoms with van der Waals surface area (Å²) in [5, 5.41) is 3.75. The number of piperidine rings is 1. The molecule has 1 fully saturated rings. The molecule has 0 N–H and O–H groups in total. The van der Waals surface area contributed by atoms with Crippen LogP contribution >= 0.6 is 0 Å². The largest absolute Gasteiger partial charge is 0.360 e. The Balaban J connectivity index is 1.73. The lowest BCUT2D eigenvalue weighted by molar-refractivity contribution is -0.135. The fourth-order valence-electron chi connectivity index (χ4n) is 3.58. The molecule has 7 nitrogen and oxygen atoms in total. The lowest BCUT2D eigenvalue weighted by atomic mass is 9.98. The fourth-order valence-corrected chi connectivity index (χ4v) is 5.40. The first-order valence-corrected chi connectivity index (χ1v) is 10.5. The van der Waals surface area contributed by atoms with Gasteiger partial charge in [-0.3, -0.25) is 4.79 Å². The molecule has 0 aliphatic carbocycles. The van der Waals surface area contributed by atoms with E-state index < -0.39 is 10.0 Å². The van der Waals surface area contributed by atoms with E-state index in [1.54, 1.807) is 25.8 Å². The highest BCUT2D eigenvalue weighted by molar-refractivity contribution is 7.89. The van der Waals surface area contributed by atoms with Gasteiger partial charge in [-0.2, -0.15) is 4.31 Å². The zero-order chi connectivity index (χ0) is 19.6. The number of amides is 1. The third-order valence-corrected chi connectivity index (χ3v) is 7.05. The average molecular weight is 391 g/mol. The molecule has 1 unspecified atom stereocenters. The van der Waals surface area contributed by atoms with Gasteiger partial charge in [0, 0.05) is 26.7 Å². The van der Waals surface area contributed by atoms with Gasteiger partial charge in [0.2, 0.25) is 15.9 Å². The van der Waals surface area contributed by atoms with E-state index in [9.17, 15) is 13.2 Å². The van der Waals surface area contributed by atoms with E-state index in [0.717, 1.165) is 5.56 Å². The number of hydrogen-bond acceptors (Lipinski definition) is 5. The van der Waals surface area contributed by atoms with Crippen LogP contribution in [0.15, 0.2) is 39.8 Å². The first-order valence-electron chi connectivity index (χ1n) is 9.02. The molecule has 146 valence electrons. The van der Waals surface area contributed by atoms with Crippen molar-refractivity contribution in [2.45, 2.75) is 38.1 Å². The highest BCUT2D eigenvalue weighted by atomic mass is 32.2. The summed E-state index contributed by atoms with van der Waals surface area (Å²) in [5.41, 5.74) is 1.39. The van der Waals surface area contributed by atoms with Crippen molar-refractivity contribution in [3.8, 4) is 0 Å². The highest BCUT2D eigenvalue weighted by Gasteiger charge is 2.37. The van der Waals surface area contributed by atoms with Crippen molar-refractivity contribution in [2.75, 3.05) is 20.1 Å². The molecule has 2 heterocycles. The molecule has 27 heavy (non-hydrogen) atoms. The number of benzene rings is 1. The zero-order valence-corrected chi connectivity index (χ0v) is 16.7. The SMILES string of the molecule is Cc1noc(C)c1S(=O)(=O)N1CCCC(C(=O)N(C)Cc2ccccc2)C1. The maximum Gasteiger partial charge on any atom is 0.248 e. The van der Waals surface area contributed by atoms with E-state index in [2.05, 4.69) is 5.16 Å². The second-order valence-electron chi connectivity index (χ2n) is 7.04. The van der Waals surface area contributed by atoms with E-state index in [1.807, 2.05) is 30.3 Å². The van der Waals surface area contributed by atoms with Gasteiger partial charge in [0.15, 0.2) is 5.76 Å². The number of aromatic nitrogens is 1. The summed E-state index contributed by atoms with van der Waals surface area (Å²) in [6.07, 6.45) is 1.34. The van der Waals surface area contributed by atoms with Gasteiger partial charge in [-0.1, -0.05) is 35.5 Å². The van der Waals surface area contributed by atoms with Gasteiger partial charge in [0.05, 0.1) is 5.92 Å². The van der Waals surface area contributed by atoms with Gasteiger partial charge in [-0.25, -0.2) is 8.42 Å². The summed E-state index contributed by atoms with van der Waals surface area (Å²) in [6, 6.07) is 9.75. The molecule has 0 bridgehead atoms. The molecule has 1 aliphatic rings. The van der Waals surface area contributed by atoms with Crippen LogP contribution in [0.4, 0.5) is 0 Å². The predicted molar refractivity (Wildman–Crippen MR) is 100 cm³/mol. The van der Waals surface area contributed by atoms with Gasteiger partial charge in [0.1, 0.15) is 10.6 Å². The van der Waals surface area contributed by atoms with E-state index in [0.29, 0.717) is 31.6 Å². The monoisotopic (exact) mass is 391 g/mol. The van der Waals surface area contributed by atoms with E-state index in [4.69, 9.17) is 4.52 Å². The Labute approximate surface area is 160 Å². The Morgan fingerprint density at radius 3 is 2.63 bits per heavy atom. The Hall–Kier alpha value is -2.19. The second kappa shape index (κ2) is 7.82. The van der Waals surface area contributed by atoms with Gasteiger partial charge in [0.25, 0.3) is 0 Å². The Morgan fingerprint density at radius 1 is 1.30 bits per heavy atom. The summed E-state index contributed by atoms with van der Waals surface area (Å²) >= 11 is 0. The molecule has 0 spiro atoms. The zero-order valence-electron chi connectivity index (χ0n) is 15.9. The van der Waals surface area contributed by atoms with Crippen molar-refractivity contribution in [3.05, 3.63) is 47.3 Å². The van der Waals surface area contributed by atoms with Crippen molar-refractivity contribution in [1.29, 1.82) is 0 Å². The molecule has 3 rings (SSSR count). The topological polar surface area (TPSA) is 83.7 Å². The molecule has 1 atom stereocenters. The molecule has 8 heteroatoms. The second-order valence-corrected chi connectivity index (χ2v) is 8.91.